The minimum Gasteiger partial charge on any atom is -0.349 e. The first-order valence-electron chi connectivity index (χ1n) is 10.3. The number of amides is 1. The first-order valence-corrected chi connectivity index (χ1v) is 10.3. The van der Waals surface area contributed by atoms with Gasteiger partial charge in [-0.15, -0.1) is 0 Å². The van der Waals surface area contributed by atoms with E-state index in [-0.39, 0.29) is 17.4 Å². The number of carbonyl (C=O) groups excluding carboxylic acids is 1. The molecule has 0 bridgehead atoms. The van der Waals surface area contributed by atoms with Crippen LogP contribution >= 0.6 is 0 Å². The third kappa shape index (κ3) is 3.34. The normalized spacial score (nSPS) is 28.2. The summed E-state index contributed by atoms with van der Waals surface area (Å²) in [6.07, 6.45) is 10.9. The molecule has 1 unspecified atom stereocenters. The summed E-state index contributed by atoms with van der Waals surface area (Å²) in [4.78, 5) is 14.3. The monoisotopic (exact) mass is 352 g/mol. The van der Waals surface area contributed by atoms with Gasteiger partial charge in [0, 0.05) is 18.9 Å². The molecule has 2 aliphatic carbocycles. The molecule has 0 radical (unpaired) electrons. The van der Waals surface area contributed by atoms with Crippen LogP contribution in [0.2, 0.25) is 0 Å². The largest absolute Gasteiger partial charge is 0.349 e. The minimum absolute atomic E-state index is 0.0812. The molecule has 3 atom stereocenters. The standard InChI is InChI=1S/C23H32N2O/c1-17(19-7-3-4-8-19)16-25-13-11-23(12-14-25)15-22(24-18(2)26)20-9-5-6-10-21(20)23/h3,5-7,9-10,17,19,22H,4,8,11-16H2,1-2H3,(H,24,26)/t17-,19-,22?/m0/s1. The van der Waals surface area contributed by atoms with Crippen LogP contribution in [0.4, 0.5) is 0 Å². The highest BCUT2D eigenvalue weighted by Gasteiger charge is 2.45. The van der Waals surface area contributed by atoms with Crippen LogP contribution < -0.4 is 5.32 Å². The molecule has 26 heavy (non-hydrogen) atoms. The number of fused-ring (bicyclic) bond motifs is 2. The number of nitrogens with zero attached hydrogens (tertiary/aromatic N) is 1. The van der Waals surface area contributed by atoms with Crippen molar-refractivity contribution in [1.29, 1.82) is 0 Å². The first kappa shape index (κ1) is 17.8. The van der Waals surface area contributed by atoms with Gasteiger partial charge < -0.3 is 10.2 Å². The van der Waals surface area contributed by atoms with E-state index in [0.717, 1.165) is 18.3 Å². The lowest BCUT2D eigenvalue weighted by Gasteiger charge is -2.41. The molecular formula is C23H32N2O. The van der Waals surface area contributed by atoms with E-state index in [1.165, 1.54) is 56.4 Å². The van der Waals surface area contributed by atoms with Crippen LogP contribution in [0.15, 0.2) is 36.4 Å². The summed E-state index contributed by atoms with van der Waals surface area (Å²) in [7, 11) is 0. The minimum atomic E-state index is 0.0812. The first-order chi connectivity index (χ1) is 12.6. The lowest BCUT2D eigenvalue weighted by molar-refractivity contribution is -0.119. The van der Waals surface area contributed by atoms with E-state index in [2.05, 4.69) is 53.6 Å². The zero-order valence-corrected chi connectivity index (χ0v) is 16.2. The summed E-state index contributed by atoms with van der Waals surface area (Å²) in [5.41, 5.74) is 3.10. The highest BCUT2D eigenvalue weighted by molar-refractivity contribution is 5.73. The van der Waals surface area contributed by atoms with Crippen LogP contribution in [0.5, 0.6) is 0 Å². The maximum atomic E-state index is 11.7. The molecule has 0 aromatic heterocycles. The highest BCUT2D eigenvalue weighted by atomic mass is 16.1. The van der Waals surface area contributed by atoms with Gasteiger partial charge >= 0.3 is 0 Å². The van der Waals surface area contributed by atoms with Gasteiger partial charge in [-0.3, -0.25) is 4.79 Å². The maximum absolute atomic E-state index is 11.7. The Kier molecular flexibility index (Phi) is 4.92. The number of nitrogens with one attached hydrogen (secondary N) is 1. The number of likely N-dealkylation sites (tertiary alicyclic amines) is 1. The third-order valence-corrected chi connectivity index (χ3v) is 7.02. The number of hydrogen-bond donors (Lipinski definition) is 1. The number of hydrogen-bond acceptors (Lipinski definition) is 2. The molecule has 1 saturated heterocycles. The van der Waals surface area contributed by atoms with Crippen LogP contribution in [0, 0.1) is 11.8 Å². The van der Waals surface area contributed by atoms with Crippen LogP contribution in [-0.2, 0) is 10.2 Å². The zero-order valence-electron chi connectivity index (χ0n) is 16.2. The molecule has 1 aromatic carbocycles. The molecule has 1 heterocycles. The van der Waals surface area contributed by atoms with Crippen molar-refractivity contribution in [1.82, 2.24) is 10.2 Å². The van der Waals surface area contributed by atoms with Crippen molar-refractivity contribution < 1.29 is 4.79 Å². The predicted molar refractivity (Wildman–Crippen MR) is 106 cm³/mol. The van der Waals surface area contributed by atoms with Crippen molar-refractivity contribution in [3.8, 4) is 0 Å². The second-order valence-corrected chi connectivity index (χ2v) is 8.77. The molecule has 3 aliphatic rings. The molecule has 1 amide bonds. The fourth-order valence-corrected chi connectivity index (χ4v) is 5.58. The number of carbonyl (C=O) groups is 1. The van der Waals surface area contributed by atoms with Crippen molar-refractivity contribution in [3.05, 3.63) is 47.5 Å². The topological polar surface area (TPSA) is 32.3 Å². The number of allylic oxidation sites excluding steroid dienone is 2. The van der Waals surface area contributed by atoms with Gasteiger partial charge in [0.05, 0.1) is 6.04 Å². The van der Waals surface area contributed by atoms with Gasteiger partial charge in [-0.25, -0.2) is 0 Å². The van der Waals surface area contributed by atoms with Gasteiger partial charge in [-0.2, -0.15) is 0 Å². The van der Waals surface area contributed by atoms with E-state index in [9.17, 15) is 4.79 Å². The molecule has 1 aromatic rings. The Hall–Kier alpha value is -1.61. The molecule has 140 valence electrons. The Morgan fingerprint density at radius 3 is 2.77 bits per heavy atom. The van der Waals surface area contributed by atoms with Gasteiger partial charge in [-0.1, -0.05) is 43.3 Å². The quantitative estimate of drug-likeness (QED) is 0.824. The Morgan fingerprint density at radius 1 is 1.31 bits per heavy atom. The van der Waals surface area contributed by atoms with Crippen molar-refractivity contribution in [2.45, 2.75) is 57.4 Å². The summed E-state index contributed by atoms with van der Waals surface area (Å²) in [5.74, 6) is 1.62. The van der Waals surface area contributed by atoms with Gasteiger partial charge in [0.15, 0.2) is 0 Å². The third-order valence-electron chi connectivity index (χ3n) is 7.02. The fraction of sp³-hybridized carbons (Fsp3) is 0.609. The Balaban J connectivity index is 1.43. The van der Waals surface area contributed by atoms with Crippen molar-refractivity contribution in [2.75, 3.05) is 19.6 Å². The van der Waals surface area contributed by atoms with E-state index in [1.54, 1.807) is 6.92 Å². The second kappa shape index (κ2) is 7.19. The lowest BCUT2D eigenvalue weighted by Crippen LogP contribution is -2.44. The second-order valence-electron chi connectivity index (χ2n) is 8.77. The van der Waals surface area contributed by atoms with Crippen molar-refractivity contribution in [2.24, 2.45) is 11.8 Å². The fourth-order valence-electron chi connectivity index (χ4n) is 5.58. The molecule has 0 saturated carbocycles. The summed E-state index contributed by atoms with van der Waals surface area (Å²) in [6.45, 7) is 7.64. The molecule has 1 fully saturated rings. The summed E-state index contributed by atoms with van der Waals surface area (Å²) in [5, 5.41) is 3.19. The van der Waals surface area contributed by atoms with E-state index in [1.807, 2.05) is 0 Å². The molecular weight excluding hydrogens is 320 g/mol. The lowest BCUT2D eigenvalue weighted by atomic mass is 9.73. The average molecular weight is 353 g/mol. The van der Waals surface area contributed by atoms with Crippen molar-refractivity contribution >= 4 is 5.91 Å². The number of piperidine rings is 1. The molecule has 1 N–H and O–H groups in total. The molecule has 3 heteroatoms. The summed E-state index contributed by atoms with van der Waals surface area (Å²) < 4.78 is 0. The van der Waals surface area contributed by atoms with Crippen molar-refractivity contribution in [3.63, 3.8) is 0 Å². The predicted octanol–water partition coefficient (Wildman–Crippen LogP) is 4.20. The summed E-state index contributed by atoms with van der Waals surface area (Å²) in [6, 6.07) is 8.98. The highest BCUT2D eigenvalue weighted by Crippen LogP contribution is 2.50. The van der Waals surface area contributed by atoms with Gasteiger partial charge in [0.25, 0.3) is 0 Å². The smallest absolute Gasteiger partial charge is 0.217 e. The van der Waals surface area contributed by atoms with Crippen LogP contribution in [0.3, 0.4) is 0 Å². The van der Waals surface area contributed by atoms with Gasteiger partial charge in [0.2, 0.25) is 5.91 Å². The van der Waals surface area contributed by atoms with Crippen LogP contribution in [-0.4, -0.2) is 30.4 Å². The number of rotatable bonds is 4. The SMILES string of the molecule is CC(=O)NC1CC2(CCN(C[C@H](C)[C@H]3C=CCC3)CC2)c2ccccc21. The van der Waals surface area contributed by atoms with Gasteiger partial charge in [-0.05, 0) is 68.2 Å². The Bertz CT molecular complexity index is 687. The zero-order chi connectivity index (χ0) is 18.1. The molecule has 1 spiro atoms. The van der Waals surface area contributed by atoms with E-state index in [0.29, 0.717) is 0 Å². The molecule has 3 nitrogen and oxygen atoms in total. The number of benzene rings is 1. The van der Waals surface area contributed by atoms with Crippen LogP contribution in [0.25, 0.3) is 0 Å². The van der Waals surface area contributed by atoms with Gasteiger partial charge in [0.1, 0.15) is 0 Å². The Morgan fingerprint density at radius 2 is 2.08 bits per heavy atom. The molecule has 1 aliphatic heterocycles. The molecule has 4 rings (SSSR count). The van der Waals surface area contributed by atoms with E-state index in [4.69, 9.17) is 0 Å². The van der Waals surface area contributed by atoms with E-state index < -0.39 is 0 Å². The van der Waals surface area contributed by atoms with E-state index >= 15 is 0 Å². The maximum Gasteiger partial charge on any atom is 0.217 e. The average Bonchev–Trinajstić information content (AvgIpc) is 3.25. The van der Waals surface area contributed by atoms with Crippen LogP contribution in [0.1, 0.15) is 63.1 Å². The Labute approximate surface area is 157 Å². The summed E-state index contributed by atoms with van der Waals surface area (Å²) >= 11 is 0.